The number of sulfonamides is 1. The highest BCUT2D eigenvalue weighted by Crippen LogP contribution is 2.25. The number of thiophene rings is 1. The molecule has 2 aromatic rings. The maximum Gasteiger partial charge on any atom is 0.265 e. The lowest BCUT2D eigenvalue weighted by molar-refractivity contribution is 0.600. The lowest BCUT2D eigenvalue weighted by Gasteiger charge is -2.03. The summed E-state index contributed by atoms with van der Waals surface area (Å²) >= 11 is 1.44. The quantitative estimate of drug-likeness (QED) is 0.868. The van der Waals surface area contributed by atoms with Crippen LogP contribution in [-0.4, -0.2) is 23.6 Å². The first-order valence-electron chi connectivity index (χ1n) is 4.44. The van der Waals surface area contributed by atoms with Gasteiger partial charge in [0, 0.05) is 9.75 Å². The Morgan fingerprint density at radius 1 is 1.44 bits per heavy atom. The van der Waals surface area contributed by atoms with Crippen molar-refractivity contribution < 1.29 is 8.42 Å². The molecule has 16 heavy (non-hydrogen) atoms. The topological polar surface area (TPSA) is 87.7 Å². The maximum atomic E-state index is 11.9. The molecule has 2 aromatic heterocycles. The van der Waals surface area contributed by atoms with Crippen LogP contribution in [-0.2, 0) is 10.0 Å². The standard InChI is InChI=1S/C8H10N4O2S2/c1-5-3-7(6(2)15-5)16(13,14)12-8-9-4-10-11-8/h3-4H,1-2H3,(H2,9,10,11,12). The molecule has 0 radical (unpaired) electrons. The van der Waals surface area contributed by atoms with Crippen molar-refractivity contribution in [1.29, 1.82) is 0 Å². The van der Waals surface area contributed by atoms with Gasteiger partial charge < -0.3 is 0 Å². The average molecular weight is 258 g/mol. The number of aromatic amines is 1. The smallest absolute Gasteiger partial charge is 0.248 e. The summed E-state index contributed by atoms with van der Waals surface area (Å²) in [7, 11) is -3.57. The number of aromatic nitrogens is 3. The van der Waals surface area contributed by atoms with Crippen molar-refractivity contribution in [2.24, 2.45) is 0 Å². The summed E-state index contributed by atoms with van der Waals surface area (Å²) in [6.45, 7) is 3.64. The molecule has 0 saturated carbocycles. The molecule has 0 atom stereocenters. The van der Waals surface area contributed by atoms with Gasteiger partial charge in [-0.1, -0.05) is 0 Å². The maximum absolute atomic E-state index is 11.9. The van der Waals surface area contributed by atoms with E-state index in [9.17, 15) is 8.42 Å². The lowest BCUT2D eigenvalue weighted by atomic mass is 10.4. The van der Waals surface area contributed by atoms with Crippen LogP contribution in [0.5, 0.6) is 0 Å². The van der Waals surface area contributed by atoms with Gasteiger partial charge in [0.05, 0.1) is 0 Å². The Bertz CT molecular complexity index is 586. The van der Waals surface area contributed by atoms with Gasteiger partial charge in [-0.3, -0.25) is 0 Å². The molecule has 0 aliphatic rings. The Labute approximate surface area is 96.8 Å². The van der Waals surface area contributed by atoms with Gasteiger partial charge in [-0.2, -0.15) is 10.1 Å². The van der Waals surface area contributed by atoms with Crippen LogP contribution in [0.3, 0.4) is 0 Å². The number of nitrogens with one attached hydrogen (secondary N) is 2. The highest BCUT2D eigenvalue weighted by molar-refractivity contribution is 7.92. The van der Waals surface area contributed by atoms with Crippen molar-refractivity contribution in [1.82, 2.24) is 15.2 Å². The van der Waals surface area contributed by atoms with E-state index in [4.69, 9.17) is 0 Å². The molecule has 0 fully saturated rings. The number of rotatable bonds is 3. The van der Waals surface area contributed by atoms with Gasteiger partial charge in [-0.15, -0.1) is 11.3 Å². The molecular weight excluding hydrogens is 248 g/mol. The summed E-state index contributed by atoms with van der Waals surface area (Å²) < 4.78 is 26.2. The second-order valence-electron chi connectivity index (χ2n) is 3.22. The molecule has 0 spiro atoms. The van der Waals surface area contributed by atoms with Crippen LogP contribution in [0.25, 0.3) is 0 Å². The normalized spacial score (nSPS) is 11.6. The molecule has 0 saturated heterocycles. The zero-order valence-corrected chi connectivity index (χ0v) is 10.3. The van der Waals surface area contributed by atoms with E-state index >= 15 is 0 Å². The molecule has 2 heterocycles. The summed E-state index contributed by atoms with van der Waals surface area (Å²) in [6, 6.07) is 1.64. The lowest BCUT2D eigenvalue weighted by Crippen LogP contribution is -2.14. The Morgan fingerprint density at radius 3 is 2.69 bits per heavy atom. The Morgan fingerprint density at radius 2 is 2.19 bits per heavy atom. The molecule has 0 aliphatic heterocycles. The average Bonchev–Trinajstić information content (AvgIpc) is 2.75. The van der Waals surface area contributed by atoms with Crippen molar-refractivity contribution >= 4 is 27.3 Å². The van der Waals surface area contributed by atoms with E-state index in [2.05, 4.69) is 19.9 Å². The first-order valence-corrected chi connectivity index (χ1v) is 6.74. The van der Waals surface area contributed by atoms with Crippen LogP contribution in [0.4, 0.5) is 5.95 Å². The van der Waals surface area contributed by atoms with Crippen molar-refractivity contribution in [2.45, 2.75) is 18.7 Å². The summed E-state index contributed by atoms with van der Waals surface area (Å²) in [6.07, 6.45) is 1.24. The second kappa shape index (κ2) is 3.87. The van der Waals surface area contributed by atoms with Crippen LogP contribution in [0.1, 0.15) is 9.75 Å². The number of hydrogen-bond donors (Lipinski definition) is 2. The highest BCUT2D eigenvalue weighted by Gasteiger charge is 2.19. The Balaban J connectivity index is 2.36. The Hall–Kier alpha value is -1.41. The fourth-order valence-corrected chi connectivity index (χ4v) is 3.83. The molecule has 2 N–H and O–H groups in total. The first-order chi connectivity index (χ1) is 7.49. The van der Waals surface area contributed by atoms with E-state index in [1.165, 1.54) is 17.7 Å². The van der Waals surface area contributed by atoms with Gasteiger partial charge in [0.15, 0.2) is 0 Å². The minimum Gasteiger partial charge on any atom is -0.248 e. The highest BCUT2D eigenvalue weighted by atomic mass is 32.2. The molecule has 0 aromatic carbocycles. The van der Waals surface area contributed by atoms with Crippen molar-refractivity contribution in [3.63, 3.8) is 0 Å². The summed E-state index contributed by atoms with van der Waals surface area (Å²) in [5, 5.41) is 6.01. The third-order valence-corrected chi connectivity index (χ3v) is 4.49. The van der Waals surface area contributed by atoms with Crippen LogP contribution < -0.4 is 4.72 Å². The monoisotopic (exact) mass is 258 g/mol. The minimum absolute atomic E-state index is 0.114. The molecule has 86 valence electrons. The van der Waals surface area contributed by atoms with Crippen molar-refractivity contribution in [3.05, 3.63) is 22.1 Å². The van der Waals surface area contributed by atoms with Gasteiger partial charge in [0.25, 0.3) is 10.0 Å². The van der Waals surface area contributed by atoms with E-state index < -0.39 is 10.0 Å². The number of H-pyrrole nitrogens is 1. The van der Waals surface area contributed by atoms with Crippen molar-refractivity contribution in [2.75, 3.05) is 4.72 Å². The van der Waals surface area contributed by atoms with E-state index in [0.717, 1.165) is 9.75 Å². The van der Waals surface area contributed by atoms with Gasteiger partial charge in [-0.25, -0.2) is 18.2 Å². The van der Waals surface area contributed by atoms with Gasteiger partial charge in [0.2, 0.25) is 5.95 Å². The third kappa shape index (κ3) is 2.07. The number of nitrogens with zero attached hydrogens (tertiary/aromatic N) is 2. The van der Waals surface area contributed by atoms with E-state index in [0.29, 0.717) is 0 Å². The van der Waals surface area contributed by atoms with Gasteiger partial charge >= 0.3 is 0 Å². The number of hydrogen-bond acceptors (Lipinski definition) is 5. The molecule has 2 rings (SSSR count). The van der Waals surface area contributed by atoms with E-state index in [1.54, 1.807) is 13.0 Å². The third-order valence-electron chi connectivity index (χ3n) is 1.93. The summed E-state index contributed by atoms with van der Waals surface area (Å²) in [5.74, 6) is 0.114. The van der Waals surface area contributed by atoms with Crippen LogP contribution in [0.2, 0.25) is 0 Å². The fourth-order valence-electron chi connectivity index (χ4n) is 1.31. The van der Waals surface area contributed by atoms with Gasteiger partial charge in [-0.05, 0) is 19.9 Å². The molecule has 0 aliphatic carbocycles. The van der Waals surface area contributed by atoms with Crippen LogP contribution in [0, 0.1) is 13.8 Å². The SMILES string of the molecule is Cc1cc(S(=O)(=O)Nc2ncn[nH]2)c(C)s1. The van der Waals surface area contributed by atoms with Gasteiger partial charge in [0.1, 0.15) is 11.2 Å². The predicted molar refractivity (Wildman–Crippen MR) is 61.0 cm³/mol. The largest absolute Gasteiger partial charge is 0.265 e. The predicted octanol–water partition coefficient (Wildman–Crippen LogP) is 1.28. The zero-order valence-electron chi connectivity index (χ0n) is 8.68. The second-order valence-corrected chi connectivity index (χ2v) is 6.33. The molecule has 8 heteroatoms. The van der Waals surface area contributed by atoms with Crippen LogP contribution >= 0.6 is 11.3 Å². The summed E-state index contributed by atoms with van der Waals surface area (Å²) in [5.41, 5.74) is 0. The number of anilines is 1. The number of aryl methyl sites for hydroxylation is 2. The van der Waals surface area contributed by atoms with E-state index in [-0.39, 0.29) is 10.8 Å². The fraction of sp³-hybridized carbons (Fsp3) is 0.250. The molecule has 0 amide bonds. The first kappa shape index (κ1) is 11.1. The molecule has 6 nitrogen and oxygen atoms in total. The summed E-state index contributed by atoms with van der Waals surface area (Å²) in [4.78, 5) is 5.70. The molecule has 0 bridgehead atoms. The Kier molecular flexibility index (Phi) is 2.68. The molecule has 0 unspecified atom stereocenters. The van der Waals surface area contributed by atoms with Crippen molar-refractivity contribution in [3.8, 4) is 0 Å². The zero-order chi connectivity index (χ0) is 11.8. The molecular formula is C8H10N4O2S2. The van der Waals surface area contributed by atoms with Crippen LogP contribution in [0.15, 0.2) is 17.3 Å². The van der Waals surface area contributed by atoms with E-state index in [1.807, 2.05) is 6.92 Å². The minimum atomic E-state index is -3.57.